The summed E-state index contributed by atoms with van der Waals surface area (Å²) in [7, 11) is 3.54. The number of hydrogen-bond donors (Lipinski definition) is 1. The molecule has 98 valence electrons. The van der Waals surface area contributed by atoms with Crippen molar-refractivity contribution >= 4 is 11.6 Å². The lowest BCUT2D eigenvalue weighted by molar-refractivity contribution is 0.411. The van der Waals surface area contributed by atoms with E-state index in [4.69, 9.17) is 4.74 Å². The Balaban J connectivity index is 1.91. The fourth-order valence-corrected chi connectivity index (χ4v) is 2.31. The van der Waals surface area contributed by atoms with Gasteiger partial charge in [-0.3, -0.25) is 0 Å². The van der Waals surface area contributed by atoms with Gasteiger partial charge in [-0.15, -0.1) is 0 Å². The largest absolute Gasteiger partial charge is 0.490 e. The minimum atomic E-state index is 0.652. The maximum absolute atomic E-state index is 5.50. The second-order valence-corrected chi connectivity index (χ2v) is 5.16. The number of ether oxygens (including phenoxy) is 1. The summed E-state index contributed by atoms with van der Waals surface area (Å²) in [5.74, 6) is 3.34. The van der Waals surface area contributed by atoms with Gasteiger partial charge in [-0.05, 0) is 31.6 Å². The first-order chi connectivity index (χ1) is 8.83. The van der Waals surface area contributed by atoms with Crippen LogP contribution < -0.4 is 15.0 Å². The lowest BCUT2D eigenvalue weighted by atomic mass is 10.3. The average molecular weight is 248 g/mol. The minimum absolute atomic E-state index is 0.652. The Kier molecular flexibility index (Phi) is 2.97. The van der Waals surface area contributed by atoms with E-state index in [9.17, 15) is 0 Å². The molecule has 0 bridgehead atoms. The van der Waals surface area contributed by atoms with Crippen molar-refractivity contribution in [1.29, 1.82) is 0 Å². The van der Waals surface area contributed by atoms with E-state index in [1.54, 1.807) is 13.4 Å². The summed E-state index contributed by atoms with van der Waals surface area (Å²) in [5.41, 5.74) is 0. The van der Waals surface area contributed by atoms with Crippen LogP contribution in [0.1, 0.15) is 25.7 Å². The zero-order chi connectivity index (χ0) is 12.5. The van der Waals surface area contributed by atoms with Crippen LogP contribution in [0.5, 0.6) is 5.75 Å². The van der Waals surface area contributed by atoms with E-state index in [0.29, 0.717) is 6.04 Å². The molecule has 2 aliphatic rings. The van der Waals surface area contributed by atoms with Gasteiger partial charge in [0, 0.05) is 19.6 Å². The average Bonchev–Trinajstić information content (AvgIpc) is 3.27. The molecule has 0 amide bonds. The van der Waals surface area contributed by atoms with Gasteiger partial charge in [-0.25, -0.2) is 9.97 Å². The van der Waals surface area contributed by atoms with E-state index in [1.165, 1.54) is 25.7 Å². The van der Waals surface area contributed by atoms with E-state index >= 15 is 0 Å². The molecule has 5 heteroatoms. The molecule has 0 atom stereocenters. The quantitative estimate of drug-likeness (QED) is 0.833. The van der Waals surface area contributed by atoms with Crippen LogP contribution in [0.3, 0.4) is 0 Å². The smallest absolute Gasteiger partial charge is 0.204 e. The highest BCUT2D eigenvalue weighted by Gasteiger charge is 2.36. The molecule has 0 radical (unpaired) electrons. The Labute approximate surface area is 108 Å². The van der Waals surface area contributed by atoms with E-state index in [1.807, 2.05) is 7.05 Å². The summed E-state index contributed by atoms with van der Waals surface area (Å²) in [6.45, 7) is 1.11. The molecular formula is C13H20N4O. The highest BCUT2D eigenvalue weighted by molar-refractivity contribution is 5.65. The van der Waals surface area contributed by atoms with Crippen LogP contribution in [0, 0.1) is 5.92 Å². The molecule has 0 spiro atoms. The van der Waals surface area contributed by atoms with Crippen molar-refractivity contribution in [2.24, 2.45) is 5.92 Å². The second kappa shape index (κ2) is 4.63. The third-order valence-electron chi connectivity index (χ3n) is 3.64. The van der Waals surface area contributed by atoms with E-state index in [0.717, 1.165) is 29.8 Å². The van der Waals surface area contributed by atoms with Crippen molar-refractivity contribution in [3.05, 3.63) is 6.33 Å². The SMILES string of the molecule is CNc1ncnc(N(CC2CC2)C2CC2)c1OC. The monoisotopic (exact) mass is 248 g/mol. The lowest BCUT2D eigenvalue weighted by Crippen LogP contribution is -2.29. The molecule has 1 aromatic heterocycles. The molecule has 5 nitrogen and oxygen atoms in total. The number of nitrogens with one attached hydrogen (secondary N) is 1. The zero-order valence-corrected chi connectivity index (χ0v) is 11.0. The Morgan fingerprint density at radius 1 is 1.33 bits per heavy atom. The van der Waals surface area contributed by atoms with Gasteiger partial charge in [0.05, 0.1) is 7.11 Å². The summed E-state index contributed by atoms with van der Waals surface area (Å²) in [6.07, 6.45) is 6.88. The Hall–Kier alpha value is -1.52. The number of rotatable bonds is 6. The van der Waals surface area contributed by atoms with Crippen LogP contribution in [-0.2, 0) is 0 Å². The third kappa shape index (κ3) is 2.21. The van der Waals surface area contributed by atoms with Crippen LogP contribution in [0.15, 0.2) is 6.33 Å². The normalized spacial score (nSPS) is 18.6. The Bertz CT molecular complexity index is 429. The molecule has 0 aliphatic heterocycles. The van der Waals surface area contributed by atoms with Crippen molar-refractivity contribution in [1.82, 2.24) is 9.97 Å². The van der Waals surface area contributed by atoms with E-state index in [2.05, 4.69) is 20.2 Å². The van der Waals surface area contributed by atoms with Crippen LogP contribution in [0.4, 0.5) is 11.6 Å². The Morgan fingerprint density at radius 3 is 2.67 bits per heavy atom. The molecule has 1 N–H and O–H groups in total. The second-order valence-electron chi connectivity index (χ2n) is 5.16. The summed E-state index contributed by atoms with van der Waals surface area (Å²) >= 11 is 0. The van der Waals surface area contributed by atoms with Crippen molar-refractivity contribution in [3.63, 3.8) is 0 Å². The standard InChI is InChI=1S/C13H20N4O/c1-14-12-11(18-2)13(16-8-15-12)17(10-5-6-10)7-9-3-4-9/h8-10H,3-7H2,1-2H3,(H,14,15,16). The fraction of sp³-hybridized carbons (Fsp3) is 0.692. The summed E-state index contributed by atoms with van der Waals surface area (Å²) in [5, 5.41) is 3.07. The number of hydrogen-bond acceptors (Lipinski definition) is 5. The maximum atomic E-state index is 5.50. The van der Waals surface area contributed by atoms with Crippen LogP contribution in [0.25, 0.3) is 0 Å². The first kappa shape index (κ1) is 11.6. The van der Waals surface area contributed by atoms with Gasteiger partial charge in [0.2, 0.25) is 5.75 Å². The molecule has 18 heavy (non-hydrogen) atoms. The maximum Gasteiger partial charge on any atom is 0.204 e. The van der Waals surface area contributed by atoms with Crippen molar-refractivity contribution in [2.45, 2.75) is 31.7 Å². The highest BCUT2D eigenvalue weighted by atomic mass is 16.5. The van der Waals surface area contributed by atoms with Gasteiger partial charge in [-0.2, -0.15) is 0 Å². The summed E-state index contributed by atoms with van der Waals surface area (Å²) in [4.78, 5) is 11.1. The van der Waals surface area contributed by atoms with Gasteiger partial charge >= 0.3 is 0 Å². The van der Waals surface area contributed by atoms with E-state index < -0.39 is 0 Å². The molecule has 3 rings (SSSR count). The number of nitrogens with zero attached hydrogens (tertiary/aromatic N) is 3. The van der Waals surface area contributed by atoms with Crippen LogP contribution in [-0.4, -0.2) is 36.7 Å². The Morgan fingerprint density at radius 2 is 2.11 bits per heavy atom. The topological polar surface area (TPSA) is 50.3 Å². The molecule has 0 unspecified atom stereocenters. The summed E-state index contributed by atoms with van der Waals surface area (Å²) in [6, 6.07) is 0.652. The summed E-state index contributed by atoms with van der Waals surface area (Å²) < 4.78 is 5.50. The molecule has 0 aromatic carbocycles. The number of anilines is 2. The minimum Gasteiger partial charge on any atom is -0.490 e. The third-order valence-corrected chi connectivity index (χ3v) is 3.64. The fourth-order valence-electron chi connectivity index (χ4n) is 2.31. The van der Waals surface area contributed by atoms with Crippen LogP contribution in [0.2, 0.25) is 0 Å². The van der Waals surface area contributed by atoms with Crippen molar-refractivity contribution in [2.75, 3.05) is 30.9 Å². The van der Waals surface area contributed by atoms with Crippen molar-refractivity contribution in [3.8, 4) is 5.75 Å². The van der Waals surface area contributed by atoms with Crippen molar-refractivity contribution < 1.29 is 4.74 Å². The number of methoxy groups -OCH3 is 1. The van der Waals surface area contributed by atoms with Gasteiger partial charge in [0.1, 0.15) is 6.33 Å². The predicted octanol–water partition coefficient (Wildman–Crippen LogP) is 1.91. The molecule has 2 fully saturated rings. The first-order valence-electron chi connectivity index (χ1n) is 6.67. The van der Waals surface area contributed by atoms with Crippen LogP contribution >= 0.6 is 0 Å². The highest BCUT2D eigenvalue weighted by Crippen LogP contribution is 2.41. The zero-order valence-electron chi connectivity index (χ0n) is 11.0. The molecule has 2 aliphatic carbocycles. The molecule has 1 heterocycles. The lowest BCUT2D eigenvalue weighted by Gasteiger charge is -2.25. The molecule has 1 aromatic rings. The van der Waals surface area contributed by atoms with Gasteiger partial charge in [0.15, 0.2) is 11.6 Å². The van der Waals surface area contributed by atoms with E-state index in [-0.39, 0.29) is 0 Å². The number of aromatic nitrogens is 2. The van der Waals surface area contributed by atoms with Gasteiger partial charge in [-0.1, -0.05) is 0 Å². The molecular weight excluding hydrogens is 228 g/mol. The van der Waals surface area contributed by atoms with Gasteiger partial charge < -0.3 is 15.0 Å². The van der Waals surface area contributed by atoms with Gasteiger partial charge in [0.25, 0.3) is 0 Å². The first-order valence-corrected chi connectivity index (χ1v) is 6.67. The molecule has 2 saturated carbocycles. The molecule has 0 saturated heterocycles. The predicted molar refractivity (Wildman–Crippen MR) is 71.2 cm³/mol.